The molecule has 2 rings (SSSR count). The average Bonchev–Trinajstić information content (AvgIpc) is 2.44. The van der Waals surface area contributed by atoms with Crippen LogP contribution in [-0.2, 0) is 5.41 Å². The molecular formula is C22H26O. The first kappa shape index (κ1) is 17.2. The quantitative estimate of drug-likeness (QED) is 0.627. The van der Waals surface area contributed by atoms with Crippen LogP contribution in [0.3, 0.4) is 0 Å². The minimum atomic E-state index is -0.179. The third kappa shape index (κ3) is 5.49. The summed E-state index contributed by atoms with van der Waals surface area (Å²) in [6.45, 7) is 12.8. The van der Waals surface area contributed by atoms with E-state index in [0.717, 1.165) is 16.9 Å². The number of ether oxygens (including phenoxy) is 1. The van der Waals surface area contributed by atoms with Gasteiger partial charge in [-0.15, -0.1) is 0 Å². The summed E-state index contributed by atoms with van der Waals surface area (Å²) in [5.74, 6) is 7.29. The van der Waals surface area contributed by atoms with Gasteiger partial charge in [0.05, 0.1) is 0 Å². The maximum atomic E-state index is 5.82. The highest BCUT2D eigenvalue weighted by Crippen LogP contribution is 2.22. The molecule has 0 amide bonds. The highest BCUT2D eigenvalue weighted by atomic mass is 16.5. The second-order valence-corrected chi connectivity index (χ2v) is 7.82. The van der Waals surface area contributed by atoms with E-state index >= 15 is 0 Å². The van der Waals surface area contributed by atoms with Crippen LogP contribution in [0.15, 0.2) is 48.5 Å². The topological polar surface area (TPSA) is 9.23 Å². The van der Waals surface area contributed by atoms with Gasteiger partial charge in [0.25, 0.3) is 0 Å². The SMILES string of the molecule is CC(C)(C)Oc1ccc(C#Cc2ccc(C(C)(C)C)cc2)cc1. The summed E-state index contributed by atoms with van der Waals surface area (Å²) in [5, 5.41) is 0. The first-order chi connectivity index (χ1) is 10.6. The minimum Gasteiger partial charge on any atom is -0.488 e. The van der Waals surface area contributed by atoms with Crippen molar-refractivity contribution < 1.29 is 4.74 Å². The molecule has 0 bridgehead atoms. The molecule has 0 heterocycles. The third-order valence-electron chi connectivity index (χ3n) is 3.38. The first-order valence-electron chi connectivity index (χ1n) is 8.05. The fourth-order valence-corrected chi connectivity index (χ4v) is 2.16. The van der Waals surface area contributed by atoms with Gasteiger partial charge < -0.3 is 4.74 Å². The van der Waals surface area contributed by atoms with Gasteiger partial charge in [0.15, 0.2) is 0 Å². The molecule has 0 aromatic heterocycles. The Bertz CT molecular complexity index is 696. The lowest BCUT2D eigenvalue weighted by atomic mass is 9.87. The van der Waals surface area contributed by atoms with Crippen LogP contribution in [0.5, 0.6) is 5.75 Å². The Kier molecular flexibility index (Phi) is 4.85. The maximum absolute atomic E-state index is 5.82. The van der Waals surface area contributed by atoms with Crippen LogP contribution in [0.4, 0.5) is 0 Å². The zero-order chi connectivity index (χ0) is 17.1. The summed E-state index contributed by atoms with van der Waals surface area (Å²) in [5.41, 5.74) is 3.35. The molecule has 2 aromatic carbocycles. The normalized spacial score (nSPS) is 11.6. The van der Waals surface area contributed by atoms with E-state index in [1.54, 1.807) is 0 Å². The molecule has 0 aliphatic rings. The molecule has 0 aliphatic carbocycles. The van der Waals surface area contributed by atoms with Gasteiger partial charge in [0.2, 0.25) is 0 Å². The van der Waals surface area contributed by atoms with Crippen molar-refractivity contribution in [1.82, 2.24) is 0 Å². The third-order valence-corrected chi connectivity index (χ3v) is 3.38. The maximum Gasteiger partial charge on any atom is 0.120 e. The van der Waals surface area contributed by atoms with Gasteiger partial charge in [-0.05, 0) is 68.1 Å². The molecule has 0 saturated carbocycles. The zero-order valence-electron chi connectivity index (χ0n) is 15.0. The molecule has 0 atom stereocenters. The van der Waals surface area contributed by atoms with Gasteiger partial charge in [-0.3, -0.25) is 0 Å². The highest BCUT2D eigenvalue weighted by molar-refractivity contribution is 5.45. The second-order valence-electron chi connectivity index (χ2n) is 7.82. The molecule has 0 N–H and O–H groups in total. The summed E-state index contributed by atoms with van der Waals surface area (Å²) in [6, 6.07) is 16.4. The Balaban J connectivity index is 2.10. The van der Waals surface area contributed by atoms with E-state index in [4.69, 9.17) is 4.74 Å². The van der Waals surface area contributed by atoms with Crippen molar-refractivity contribution in [1.29, 1.82) is 0 Å². The predicted octanol–water partition coefficient (Wildman–Crippen LogP) is 5.56. The summed E-state index contributed by atoms with van der Waals surface area (Å²) in [4.78, 5) is 0. The molecular weight excluding hydrogens is 280 g/mol. The molecule has 0 saturated heterocycles. The van der Waals surface area contributed by atoms with Gasteiger partial charge in [-0.25, -0.2) is 0 Å². The lowest BCUT2D eigenvalue weighted by Gasteiger charge is -2.21. The van der Waals surface area contributed by atoms with Crippen LogP contribution in [-0.4, -0.2) is 5.60 Å². The van der Waals surface area contributed by atoms with Crippen molar-refractivity contribution >= 4 is 0 Å². The summed E-state index contributed by atoms with van der Waals surface area (Å²) < 4.78 is 5.82. The van der Waals surface area contributed by atoms with Crippen LogP contribution in [0, 0.1) is 11.8 Å². The molecule has 0 radical (unpaired) electrons. The van der Waals surface area contributed by atoms with E-state index < -0.39 is 0 Å². The smallest absolute Gasteiger partial charge is 0.120 e. The number of hydrogen-bond donors (Lipinski definition) is 0. The van der Waals surface area contributed by atoms with E-state index in [2.05, 4.69) is 56.9 Å². The molecule has 0 aliphatic heterocycles. The van der Waals surface area contributed by atoms with Crippen molar-refractivity contribution in [2.45, 2.75) is 52.6 Å². The fraction of sp³-hybridized carbons (Fsp3) is 0.364. The Morgan fingerprint density at radius 2 is 1.09 bits per heavy atom. The molecule has 120 valence electrons. The Labute approximate surface area is 140 Å². The van der Waals surface area contributed by atoms with Crippen molar-refractivity contribution in [3.05, 3.63) is 65.2 Å². The molecule has 0 fully saturated rings. The number of rotatable bonds is 1. The fourth-order valence-electron chi connectivity index (χ4n) is 2.16. The minimum absolute atomic E-state index is 0.175. The van der Waals surface area contributed by atoms with Crippen molar-refractivity contribution in [3.63, 3.8) is 0 Å². The van der Waals surface area contributed by atoms with Crippen LogP contribution in [0.1, 0.15) is 58.2 Å². The Morgan fingerprint density at radius 1 is 0.652 bits per heavy atom. The lowest BCUT2D eigenvalue weighted by molar-refractivity contribution is 0.131. The van der Waals surface area contributed by atoms with Crippen molar-refractivity contribution in [2.24, 2.45) is 0 Å². The van der Waals surface area contributed by atoms with Crippen molar-refractivity contribution in [2.75, 3.05) is 0 Å². The van der Waals surface area contributed by atoms with Crippen LogP contribution < -0.4 is 4.74 Å². The van der Waals surface area contributed by atoms with Gasteiger partial charge >= 0.3 is 0 Å². The molecule has 1 nitrogen and oxygen atoms in total. The van der Waals surface area contributed by atoms with E-state index in [0.29, 0.717) is 0 Å². The monoisotopic (exact) mass is 306 g/mol. The van der Waals surface area contributed by atoms with E-state index in [1.807, 2.05) is 45.0 Å². The molecule has 2 aromatic rings. The Hall–Kier alpha value is -2.20. The number of hydrogen-bond acceptors (Lipinski definition) is 1. The molecule has 0 unspecified atom stereocenters. The second kappa shape index (κ2) is 6.50. The van der Waals surface area contributed by atoms with Crippen molar-refractivity contribution in [3.8, 4) is 17.6 Å². The zero-order valence-corrected chi connectivity index (χ0v) is 15.0. The lowest BCUT2D eigenvalue weighted by Crippen LogP contribution is -2.22. The van der Waals surface area contributed by atoms with Crippen LogP contribution in [0.2, 0.25) is 0 Å². The summed E-state index contributed by atoms with van der Waals surface area (Å²) in [6.07, 6.45) is 0. The predicted molar refractivity (Wildman–Crippen MR) is 97.9 cm³/mol. The number of benzene rings is 2. The molecule has 23 heavy (non-hydrogen) atoms. The Morgan fingerprint density at radius 3 is 1.48 bits per heavy atom. The van der Waals surface area contributed by atoms with Gasteiger partial charge in [0, 0.05) is 11.1 Å². The largest absolute Gasteiger partial charge is 0.488 e. The van der Waals surface area contributed by atoms with Crippen LogP contribution in [0.25, 0.3) is 0 Å². The van der Waals surface area contributed by atoms with E-state index in [1.165, 1.54) is 5.56 Å². The summed E-state index contributed by atoms with van der Waals surface area (Å²) >= 11 is 0. The van der Waals surface area contributed by atoms with Gasteiger partial charge in [-0.2, -0.15) is 0 Å². The summed E-state index contributed by atoms with van der Waals surface area (Å²) in [7, 11) is 0. The highest BCUT2D eigenvalue weighted by Gasteiger charge is 2.12. The van der Waals surface area contributed by atoms with Gasteiger partial charge in [0.1, 0.15) is 11.4 Å². The van der Waals surface area contributed by atoms with Crippen LogP contribution >= 0.6 is 0 Å². The van der Waals surface area contributed by atoms with E-state index in [9.17, 15) is 0 Å². The molecule has 0 spiro atoms. The van der Waals surface area contributed by atoms with E-state index in [-0.39, 0.29) is 11.0 Å². The first-order valence-corrected chi connectivity index (χ1v) is 8.05. The van der Waals surface area contributed by atoms with Gasteiger partial charge in [-0.1, -0.05) is 44.7 Å². The average molecular weight is 306 g/mol. The standard InChI is InChI=1S/C22H26O/c1-21(2,3)19-13-9-17(10-14-19)7-8-18-11-15-20(16-12-18)23-22(4,5)6/h9-16H,1-6H3. The molecule has 1 heteroatoms.